The van der Waals surface area contributed by atoms with Gasteiger partial charge in [0, 0.05) is 12.6 Å². The standard InChI is InChI=1S/C19H34N4O3.ClH/c1-12(2)6-14(9-20)21-15(24)10-23-16(25)19(22-17(23)26)8-13(3)7-18(4,5)11-19;/h12-14H,6-11,20H2,1-5H3,(H,21,24)(H,22,26);1H. The van der Waals surface area contributed by atoms with Crippen LogP contribution in [0.5, 0.6) is 0 Å². The summed E-state index contributed by atoms with van der Waals surface area (Å²) in [6, 6.07) is -0.617. The van der Waals surface area contributed by atoms with Gasteiger partial charge in [-0.15, -0.1) is 12.4 Å². The van der Waals surface area contributed by atoms with E-state index in [-0.39, 0.29) is 42.2 Å². The molecule has 1 spiro atoms. The molecule has 1 saturated carbocycles. The Bertz CT molecular complexity index is 581. The Labute approximate surface area is 168 Å². The van der Waals surface area contributed by atoms with Gasteiger partial charge in [0.1, 0.15) is 12.1 Å². The maximum absolute atomic E-state index is 13.0. The van der Waals surface area contributed by atoms with Crippen molar-refractivity contribution in [2.75, 3.05) is 13.1 Å². The molecular formula is C19H35ClN4O3. The second-order valence-electron chi connectivity index (χ2n) is 9.39. The van der Waals surface area contributed by atoms with E-state index < -0.39 is 11.6 Å². The number of imide groups is 1. The van der Waals surface area contributed by atoms with Crippen LogP contribution in [0.3, 0.4) is 0 Å². The summed E-state index contributed by atoms with van der Waals surface area (Å²) in [6.07, 6.45) is 3.01. The van der Waals surface area contributed by atoms with E-state index >= 15 is 0 Å². The minimum absolute atomic E-state index is 0. The molecule has 27 heavy (non-hydrogen) atoms. The van der Waals surface area contributed by atoms with E-state index in [0.29, 0.717) is 31.2 Å². The summed E-state index contributed by atoms with van der Waals surface area (Å²) in [5, 5.41) is 5.74. The van der Waals surface area contributed by atoms with Crippen LogP contribution in [-0.2, 0) is 9.59 Å². The Balaban J connectivity index is 0.00000364. The van der Waals surface area contributed by atoms with E-state index in [1.165, 1.54) is 0 Å². The number of nitrogens with one attached hydrogen (secondary N) is 2. The van der Waals surface area contributed by atoms with Gasteiger partial charge in [-0.2, -0.15) is 0 Å². The number of hydrogen-bond acceptors (Lipinski definition) is 4. The van der Waals surface area contributed by atoms with Gasteiger partial charge < -0.3 is 16.4 Å². The topological polar surface area (TPSA) is 105 Å². The molecule has 0 aromatic heterocycles. The van der Waals surface area contributed by atoms with E-state index in [9.17, 15) is 14.4 Å². The molecule has 0 aromatic carbocycles. The summed E-state index contributed by atoms with van der Waals surface area (Å²) in [7, 11) is 0. The molecule has 1 saturated heterocycles. The number of carbonyl (C=O) groups is 3. The van der Waals surface area contributed by atoms with Gasteiger partial charge in [-0.05, 0) is 42.9 Å². The molecule has 0 aromatic rings. The molecule has 0 bridgehead atoms. The van der Waals surface area contributed by atoms with Gasteiger partial charge in [0.2, 0.25) is 5.91 Å². The van der Waals surface area contributed by atoms with Crippen LogP contribution in [0.15, 0.2) is 0 Å². The van der Waals surface area contributed by atoms with Gasteiger partial charge in [0.05, 0.1) is 0 Å². The lowest BCUT2D eigenvalue weighted by atomic mass is 9.64. The second kappa shape index (κ2) is 8.78. The first kappa shape index (κ1) is 23.7. The number of urea groups is 1. The minimum Gasteiger partial charge on any atom is -0.351 e. The lowest BCUT2D eigenvalue weighted by Gasteiger charge is -2.43. The summed E-state index contributed by atoms with van der Waals surface area (Å²) < 4.78 is 0. The van der Waals surface area contributed by atoms with Gasteiger partial charge in [-0.3, -0.25) is 14.5 Å². The van der Waals surface area contributed by atoms with Crippen LogP contribution in [0.25, 0.3) is 0 Å². The fraction of sp³-hybridized carbons (Fsp3) is 0.842. The molecular weight excluding hydrogens is 368 g/mol. The Hall–Kier alpha value is -1.34. The highest BCUT2D eigenvalue weighted by molar-refractivity contribution is 6.09. The monoisotopic (exact) mass is 402 g/mol. The average Bonchev–Trinajstić information content (AvgIpc) is 2.67. The van der Waals surface area contributed by atoms with E-state index in [2.05, 4.69) is 45.3 Å². The number of halogens is 1. The highest BCUT2D eigenvalue weighted by Gasteiger charge is 2.56. The van der Waals surface area contributed by atoms with Crippen LogP contribution in [0.4, 0.5) is 4.79 Å². The number of rotatable bonds is 6. The van der Waals surface area contributed by atoms with Crippen molar-refractivity contribution in [1.29, 1.82) is 0 Å². The van der Waals surface area contributed by atoms with Crippen LogP contribution >= 0.6 is 12.4 Å². The van der Waals surface area contributed by atoms with E-state index in [0.717, 1.165) is 17.7 Å². The summed E-state index contributed by atoms with van der Waals surface area (Å²) in [6.45, 7) is 10.5. The Morgan fingerprint density at radius 3 is 2.48 bits per heavy atom. The van der Waals surface area contributed by atoms with Crippen molar-refractivity contribution in [3.05, 3.63) is 0 Å². The zero-order chi connectivity index (χ0) is 19.7. The summed E-state index contributed by atoms with van der Waals surface area (Å²) in [5.74, 6) is 0.120. The Morgan fingerprint density at radius 1 is 1.33 bits per heavy atom. The molecule has 3 atom stereocenters. The molecule has 4 amide bonds. The highest BCUT2D eigenvalue weighted by Crippen LogP contribution is 2.46. The second-order valence-corrected chi connectivity index (χ2v) is 9.39. The summed E-state index contributed by atoms with van der Waals surface area (Å²) in [5.41, 5.74) is 4.82. The third-order valence-corrected chi connectivity index (χ3v) is 5.33. The summed E-state index contributed by atoms with van der Waals surface area (Å²) >= 11 is 0. The quantitative estimate of drug-likeness (QED) is 0.591. The smallest absolute Gasteiger partial charge is 0.325 e. The largest absolute Gasteiger partial charge is 0.351 e. The lowest BCUT2D eigenvalue weighted by Crippen LogP contribution is -2.54. The molecule has 4 N–H and O–H groups in total. The first-order chi connectivity index (χ1) is 12.0. The van der Waals surface area contributed by atoms with Crippen molar-refractivity contribution < 1.29 is 14.4 Å². The number of nitrogens with two attached hydrogens (primary N) is 1. The van der Waals surface area contributed by atoms with Crippen LogP contribution in [-0.4, -0.2) is 47.4 Å². The Kier molecular flexibility index (Phi) is 7.70. The fourth-order valence-corrected chi connectivity index (χ4v) is 4.85. The zero-order valence-electron chi connectivity index (χ0n) is 17.1. The van der Waals surface area contributed by atoms with Gasteiger partial charge in [0.15, 0.2) is 0 Å². The molecule has 2 fully saturated rings. The van der Waals surface area contributed by atoms with Crippen molar-refractivity contribution in [3.63, 3.8) is 0 Å². The zero-order valence-corrected chi connectivity index (χ0v) is 17.9. The van der Waals surface area contributed by atoms with Crippen LogP contribution in [0.2, 0.25) is 0 Å². The van der Waals surface area contributed by atoms with Crippen molar-refractivity contribution in [2.45, 2.75) is 71.9 Å². The molecule has 1 heterocycles. The first-order valence-electron chi connectivity index (χ1n) is 9.61. The van der Waals surface area contributed by atoms with E-state index in [4.69, 9.17) is 5.73 Å². The molecule has 156 valence electrons. The van der Waals surface area contributed by atoms with Gasteiger partial charge in [0.25, 0.3) is 5.91 Å². The molecule has 2 aliphatic rings. The Morgan fingerprint density at radius 2 is 1.96 bits per heavy atom. The van der Waals surface area contributed by atoms with E-state index in [1.807, 2.05) is 0 Å². The molecule has 8 heteroatoms. The average molecular weight is 403 g/mol. The van der Waals surface area contributed by atoms with Gasteiger partial charge in [-0.1, -0.05) is 34.6 Å². The number of hydrogen-bond donors (Lipinski definition) is 3. The molecule has 1 aliphatic heterocycles. The molecule has 3 unspecified atom stereocenters. The van der Waals surface area contributed by atoms with Gasteiger partial charge >= 0.3 is 6.03 Å². The lowest BCUT2D eigenvalue weighted by molar-refractivity contribution is -0.137. The highest BCUT2D eigenvalue weighted by atomic mass is 35.5. The van der Waals surface area contributed by atoms with Crippen LogP contribution < -0.4 is 16.4 Å². The summed E-state index contributed by atoms with van der Waals surface area (Å²) in [4.78, 5) is 38.9. The van der Waals surface area contributed by atoms with E-state index in [1.54, 1.807) is 0 Å². The maximum atomic E-state index is 13.0. The molecule has 0 radical (unpaired) electrons. The van der Waals surface area contributed by atoms with Crippen molar-refractivity contribution in [2.24, 2.45) is 23.0 Å². The molecule has 2 rings (SSSR count). The van der Waals surface area contributed by atoms with Crippen LogP contribution in [0, 0.1) is 17.3 Å². The number of carbonyl (C=O) groups excluding carboxylic acids is 3. The normalized spacial score (nSPS) is 28.1. The molecule has 1 aliphatic carbocycles. The predicted octanol–water partition coefficient (Wildman–Crippen LogP) is 2.03. The van der Waals surface area contributed by atoms with Crippen molar-refractivity contribution >= 4 is 30.3 Å². The number of nitrogens with zero attached hydrogens (tertiary/aromatic N) is 1. The minimum atomic E-state index is -0.871. The number of amides is 4. The third-order valence-electron chi connectivity index (χ3n) is 5.33. The van der Waals surface area contributed by atoms with Crippen LogP contribution in [0.1, 0.15) is 60.3 Å². The maximum Gasteiger partial charge on any atom is 0.325 e. The SMILES string of the molecule is CC(C)CC(CN)NC(=O)CN1C(=O)NC2(CC(C)CC(C)(C)C2)C1=O.Cl. The predicted molar refractivity (Wildman–Crippen MR) is 107 cm³/mol. The fourth-order valence-electron chi connectivity index (χ4n) is 4.85. The van der Waals surface area contributed by atoms with Crippen molar-refractivity contribution in [1.82, 2.24) is 15.5 Å². The van der Waals surface area contributed by atoms with Gasteiger partial charge in [-0.25, -0.2) is 4.79 Å². The molecule has 7 nitrogen and oxygen atoms in total. The first-order valence-corrected chi connectivity index (χ1v) is 9.61. The van der Waals surface area contributed by atoms with Crippen molar-refractivity contribution in [3.8, 4) is 0 Å². The third kappa shape index (κ3) is 5.57.